The number of carbonyl (C=O) groups is 2. The molecule has 0 aromatic heterocycles. The number of hydrogen-bond donors (Lipinski definition) is 0. The van der Waals surface area contributed by atoms with E-state index in [4.69, 9.17) is 9.47 Å². The van der Waals surface area contributed by atoms with Crippen LogP contribution < -0.4 is 0 Å². The maximum Gasteiger partial charge on any atom is 0.330 e. The van der Waals surface area contributed by atoms with Gasteiger partial charge in [0.1, 0.15) is 12.2 Å². The van der Waals surface area contributed by atoms with Gasteiger partial charge in [-0.05, 0) is 37.7 Å². The average Bonchev–Trinajstić information content (AvgIpc) is 3.03. The summed E-state index contributed by atoms with van der Waals surface area (Å²) in [5, 5.41) is 0. The molecule has 0 radical (unpaired) electrons. The van der Waals surface area contributed by atoms with Crippen LogP contribution in [0.25, 0.3) is 0 Å². The third-order valence-electron chi connectivity index (χ3n) is 4.23. The second kappa shape index (κ2) is 6.80. The second-order valence-corrected chi connectivity index (χ2v) is 7.81. The number of ether oxygens (including phenoxy) is 2. The molecule has 2 atom stereocenters. The Balaban J connectivity index is 1.89. The van der Waals surface area contributed by atoms with Crippen LogP contribution in [0.15, 0.2) is 42.5 Å². The van der Waals surface area contributed by atoms with Crippen molar-refractivity contribution in [2.75, 3.05) is 0 Å². The molecule has 2 rings (SSSR count). The van der Waals surface area contributed by atoms with Gasteiger partial charge in [0.05, 0.1) is 5.92 Å². The number of carbonyl (C=O) groups excluding carboxylic acids is 2. The normalized spacial score (nSPS) is 22.2. The molecule has 1 fully saturated rings. The van der Waals surface area contributed by atoms with Crippen molar-refractivity contribution >= 4 is 11.9 Å². The number of rotatable bonds is 5. The zero-order valence-electron chi connectivity index (χ0n) is 15.0. The van der Waals surface area contributed by atoms with Gasteiger partial charge in [-0.25, -0.2) is 4.79 Å². The first kappa shape index (κ1) is 18.2. The van der Waals surface area contributed by atoms with Gasteiger partial charge < -0.3 is 9.47 Å². The van der Waals surface area contributed by atoms with Gasteiger partial charge in [-0.1, -0.05) is 50.3 Å². The summed E-state index contributed by atoms with van der Waals surface area (Å²) in [5.41, 5.74) is 0.242. The SMILES string of the molecule is CC(C)(C)OC(=O)C=C[C@H]1[C@@H](C(=O)OCc2ccccc2)C1(C)C. The minimum atomic E-state index is -0.519. The first-order valence-corrected chi connectivity index (χ1v) is 8.23. The zero-order chi connectivity index (χ0) is 18.0. The average molecular weight is 330 g/mol. The highest BCUT2D eigenvalue weighted by Crippen LogP contribution is 2.59. The number of benzene rings is 1. The van der Waals surface area contributed by atoms with E-state index in [0.29, 0.717) is 0 Å². The highest BCUT2D eigenvalue weighted by Gasteiger charge is 2.61. The van der Waals surface area contributed by atoms with Gasteiger partial charge in [0, 0.05) is 6.08 Å². The predicted molar refractivity (Wildman–Crippen MR) is 92.0 cm³/mol. The van der Waals surface area contributed by atoms with Crippen molar-refractivity contribution < 1.29 is 19.1 Å². The van der Waals surface area contributed by atoms with E-state index in [1.165, 1.54) is 6.08 Å². The molecule has 130 valence electrons. The summed E-state index contributed by atoms with van der Waals surface area (Å²) in [7, 11) is 0. The van der Waals surface area contributed by atoms with E-state index < -0.39 is 5.60 Å². The lowest BCUT2D eigenvalue weighted by Crippen LogP contribution is -2.22. The fourth-order valence-electron chi connectivity index (χ4n) is 2.82. The number of esters is 2. The van der Waals surface area contributed by atoms with Gasteiger partial charge in [-0.3, -0.25) is 4.79 Å². The summed E-state index contributed by atoms with van der Waals surface area (Å²) >= 11 is 0. The molecule has 4 nitrogen and oxygen atoms in total. The fraction of sp³-hybridized carbons (Fsp3) is 0.500. The first-order chi connectivity index (χ1) is 11.1. The molecular formula is C20H26O4. The van der Waals surface area contributed by atoms with Crippen LogP contribution in [0.4, 0.5) is 0 Å². The molecule has 0 spiro atoms. The Morgan fingerprint density at radius 1 is 1.17 bits per heavy atom. The summed E-state index contributed by atoms with van der Waals surface area (Å²) in [4.78, 5) is 24.1. The van der Waals surface area contributed by atoms with Gasteiger partial charge in [-0.2, -0.15) is 0 Å². The van der Waals surface area contributed by atoms with Crippen LogP contribution in [0.5, 0.6) is 0 Å². The van der Waals surface area contributed by atoms with Crippen molar-refractivity contribution in [3.05, 3.63) is 48.0 Å². The number of hydrogen-bond acceptors (Lipinski definition) is 4. The molecule has 0 amide bonds. The Morgan fingerprint density at radius 2 is 1.79 bits per heavy atom. The highest BCUT2D eigenvalue weighted by molar-refractivity contribution is 5.83. The van der Waals surface area contributed by atoms with Crippen LogP contribution in [0.3, 0.4) is 0 Å². The Labute approximate surface area is 143 Å². The van der Waals surface area contributed by atoms with Crippen molar-refractivity contribution in [3.63, 3.8) is 0 Å². The molecule has 0 bridgehead atoms. The van der Waals surface area contributed by atoms with Gasteiger partial charge in [0.2, 0.25) is 0 Å². The molecule has 0 N–H and O–H groups in total. The zero-order valence-corrected chi connectivity index (χ0v) is 15.0. The Morgan fingerprint density at radius 3 is 2.38 bits per heavy atom. The van der Waals surface area contributed by atoms with Crippen molar-refractivity contribution in [2.45, 2.75) is 46.8 Å². The van der Waals surface area contributed by atoms with Crippen LogP contribution in [-0.2, 0) is 25.7 Å². The maximum atomic E-state index is 12.3. The highest BCUT2D eigenvalue weighted by atomic mass is 16.6. The summed E-state index contributed by atoms with van der Waals surface area (Å²) in [6.45, 7) is 9.75. The third-order valence-corrected chi connectivity index (χ3v) is 4.23. The van der Waals surface area contributed by atoms with Crippen LogP contribution >= 0.6 is 0 Å². The second-order valence-electron chi connectivity index (χ2n) is 7.81. The molecule has 1 saturated carbocycles. The molecule has 1 aromatic rings. The van der Waals surface area contributed by atoms with Crippen molar-refractivity contribution in [1.82, 2.24) is 0 Å². The van der Waals surface area contributed by atoms with E-state index in [2.05, 4.69) is 0 Å². The van der Waals surface area contributed by atoms with Crippen LogP contribution in [0.1, 0.15) is 40.2 Å². The van der Waals surface area contributed by atoms with Crippen LogP contribution in [0.2, 0.25) is 0 Å². The van der Waals surface area contributed by atoms with Gasteiger partial charge in [0.25, 0.3) is 0 Å². The molecule has 1 aliphatic rings. The topological polar surface area (TPSA) is 52.6 Å². The van der Waals surface area contributed by atoms with E-state index in [0.717, 1.165) is 5.56 Å². The lowest BCUT2D eigenvalue weighted by molar-refractivity contribution is -0.149. The number of allylic oxidation sites excluding steroid dienone is 1. The lowest BCUT2D eigenvalue weighted by atomic mass is 10.1. The molecule has 0 saturated heterocycles. The largest absolute Gasteiger partial charge is 0.461 e. The minimum absolute atomic E-state index is 0.00621. The Kier molecular flexibility index (Phi) is 5.16. The van der Waals surface area contributed by atoms with E-state index in [1.54, 1.807) is 6.08 Å². The monoisotopic (exact) mass is 330 g/mol. The summed E-state index contributed by atoms with van der Waals surface area (Å²) in [6.07, 6.45) is 3.19. The molecule has 0 aliphatic heterocycles. The van der Waals surface area contributed by atoms with E-state index in [1.807, 2.05) is 65.0 Å². The van der Waals surface area contributed by atoms with Gasteiger partial charge >= 0.3 is 11.9 Å². The quantitative estimate of drug-likeness (QED) is 0.607. The summed E-state index contributed by atoms with van der Waals surface area (Å²) in [6, 6.07) is 9.59. The first-order valence-electron chi connectivity index (χ1n) is 8.23. The van der Waals surface area contributed by atoms with Crippen molar-refractivity contribution in [2.24, 2.45) is 17.3 Å². The molecule has 0 unspecified atom stereocenters. The van der Waals surface area contributed by atoms with Gasteiger partial charge in [-0.15, -0.1) is 0 Å². The van der Waals surface area contributed by atoms with E-state index in [-0.39, 0.29) is 35.8 Å². The molecule has 4 heteroatoms. The molecule has 1 aromatic carbocycles. The van der Waals surface area contributed by atoms with E-state index >= 15 is 0 Å². The molecule has 1 aliphatic carbocycles. The smallest absolute Gasteiger partial charge is 0.330 e. The van der Waals surface area contributed by atoms with Crippen molar-refractivity contribution in [3.8, 4) is 0 Å². The molecule has 24 heavy (non-hydrogen) atoms. The van der Waals surface area contributed by atoms with Crippen LogP contribution in [0, 0.1) is 17.3 Å². The molecule has 0 heterocycles. The lowest BCUT2D eigenvalue weighted by Gasteiger charge is -2.17. The predicted octanol–water partition coefficient (Wildman–Crippen LogP) is 3.90. The minimum Gasteiger partial charge on any atom is -0.461 e. The Hall–Kier alpha value is -2.10. The fourth-order valence-corrected chi connectivity index (χ4v) is 2.82. The Bertz CT molecular complexity index is 623. The maximum absolute atomic E-state index is 12.3. The third kappa shape index (κ3) is 4.70. The van der Waals surface area contributed by atoms with E-state index in [9.17, 15) is 9.59 Å². The standard InChI is InChI=1S/C20H26O4/c1-19(2,3)24-16(21)12-11-15-17(20(15,4)5)18(22)23-13-14-9-7-6-8-10-14/h6-12,15,17H,13H2,1-5H3/t15-,17-/m0/s1. The van der Waals surface area contributed by atoms with Crippen LogP contribution in [-0.4, -0.2) is 17.5 Å². The summed E-state index contributed by atoms with van der Waals surface area (Å²) < 4.78 is 10.7. The van der Waals surface area contributed by atoms with Crippen molar-refractivity contribution in [1.29, 1.82) is 0 Å². The van der Waals surface area contributed by atoms with Gasteiger partial charge in [0.15, 0.2) is 0 Å². The summed E-state index contributed by atoms with van der Waals surface area (Å²) in [5.74, 6) is -0.836. The molecular weight excluding hydrogens is 304 g/mol.